The van der Waals surface area contributed by atoms with Crippen LogP contribution in [-0.4, -0.2) is 11.1 Å². The summed E-state index contributed by atoms with van der Waals surface area (Å²) in [7, 11) is 0. The van der Waals surface area contributed by atoms with Gasteiger partial charge in [0, 0.05) is 15.7 Å². The highest BCUT2D eigenvalue weighted by Crippen LogP contribution is 2.23. The van der Waals surface area contributed by atoms with Crippen molar-refractivity contribution < 1.29 is 9.90 Å². The van der Waals surface area contributed by atoms with Crippen molar-refractivity contribution in [3.63, 3.8) is 0 Å². The lowest BCUT2D eigenvalue weighted by atomic mass is 10.1. The van der Waals surface area contributed by atoms with E-state index in [1.165, 1.54) is 0 Å². The Balaban J connectivity index is 2.26. The van der Waals surface area contributed by atoms with Gasteiger partial charge in [-0.15, -0.1) is 0 Å². The van der Waals surface area contributed by atoms with E-state index in [-0.39, 0.29) is 0 Å². The summed E-state index contributed by atoms with van der Waals surface area (Å²) in [6.07, 6.45) is 0. The molecule has 2 N–H and O–H groups in total. The summed E-state index contributed by atoms with van der Waals surface area (Å²) in [5.74, 6) is -0.970. The van der Waals surface area contributed by atoms with Crippen molar-refractivity contribution in [3.05, 3.63) is 64.1 Å². The largest absolute Gasteiger partial charge is 0.479 e. The molecule has 0 aliphatic heterocycles. The predicted octanol–water partition coefficient (Wildman–Crippen LogP) is 4.23. The predicted molar refractivity (Wildman–Crippen MR) is 76.9 cm³/mol. The van der Waals surface area contributed by atoms with Gasteiger partial charge in [0.25, 0.3) is 0 Å². The van der Waals surface area contributed by atoms with Gasteiger partial charge < -0.3 is 10.4 Å². The third-order valence-corrected chi connectivity index (χ3v) is 3.07. The SMILES string of the molecule is O=C(O)[C@H](Nc1cccc(Cl)c1)c1ccc(Cl)cc1. The van der Waals surface area contributed by atoms with E-state index in [4.69, 9.17) is 23.2 Å². The Morgan fingerprint density at radius 1 is 1.05 bits per heavy atom. The average Bonchev–Trinajstić information content (AvgIpc) is 2.37. The van der Waals surface area contributed by atoms with Gasteiger partial charge in [-0.2, -0.15) is 0 Å². The van der Waals surface area contributed by atoms with E-state index in [0.29, 0.717) is 21.3 Å². The summed E-state index contributed by atoms with van der Waals surface area (Å²) >= 11 is 11.7. The van der Waals surface area contributed by atoms with Gasteiger partial charge in [0.2, 0.25) is 0 Å². The summed E-state index contributed by atoms with van der Waals surface area (Å²) in [5.41, 5.74) is 1.27. The quantitative estimate of drug-likeness (QED) is 0.887. The molecular weight excluding hydrogens is 285 g/mol. The van der Waals surface area contributed by atoms with Crippen LogP contribution in [0.5, 0.6) is 0 Å². The summed E-state index contributed by atoms with van der Waals surface area (Å²) in [6.45, 7) is 0. The number of aliphatic carboxylic acids is 1. The zero-order valence-corrected chi connectivity index (χ0v) is 11.3. The highest BCUT2D eigenvalue weighted by atomic mass is 35.5. The molecule has 2 rings (SSSR count). The lowest BCUT2D eigenvalue weighted by molar-refractivity contribution is -0.138. The number of anilines is 1. The molecule has 2 aromatic carbocycles. The smallest absolute Gasteiger partial charge is 0.330 e. The topological polar surface area (TPSA) is 49.3 Å². The molecule has 0 aliphatic rings. The van der Waals surface area contributed by atoms with E-state index in [2.05, 4.69) is 5.32 Å². The summed E-state index contributed by atoms with van der Waals surface area (Å²) < 4.78 is 0. The van der Waals surface area contributed by atoms with Gasteiger partial charge in [0.1, 0.15) is 0 Å². The number of halogens is 2. The lowest BCUT2D eigenvalue weighted by Gasteiger charge is -2.16. The standard InChI is InChI=1S/C14H11Cl2NO2/c15-10-6-4-9(5-7-10)13(14(18)19)17-12-3-1-2-11(16)8-12/h1-8,13,17H,(H,18,19)/t13-/m1/s1. The fourth-order valence-electron chi connectivity index (χ4n) is 1.69. The minimum atomic E-state index is -0.970. The molecule has 0 heterocycles. The van der Waals surface area contributed by atoms with Gasteiger partial charge in [0.15, 0.2) is 6.04 Å². The number of carboxylic acid groups (broad SMARTS) is 1. The van der Waals surface area contributed by atoms with Crippen molar-refractivity contribution in [1.29, 1.82) is 0 Å². The van der Waals surface area contributed by atoms with Gasteiger partial charge in [-0.05, 0) is 35.9 Å². The second-order valence-corrected chi connectivity index (χ2v) is 4.85. The first-order valence-electron chi connectivity index (χ1n) is 5.56. The molecule has 0 aliphatic carbocycles. The molecule has 5 heteroatoms. The van der Waals surface area contributed by atoms with Gasteiger partial charge in [-0.3, -0.25) is 0 Å². The van der Waals surface area contributed by atoms with E-state index >= 15 is 0 Å². The maximum Gasteiger partial charge on any atom is 0.330 e. The second kappa shape index (κ2) is 5.95. The molecule has 0 fully saturated rings. The lowest BCUT2D eigenvalue weighted by Crippen LogP contribution is -2.20. The minimum absolute atomic E-state index is 0.547. The highest BCUT2D eigenvalue weighted by molar-refractivity contribution is 6.31. The average molecular weight is 296 g/mol. The third-order valence-electron chi connectivity index (χ3n) is 2.59. The Hall–Kier alpha value is -1.71. The first-order valence-corrected chi connectivity index (χ1v) is 6.32. The van der Waals surface area contributed by atoms with Crippen LogP contribution in [0.15, 0.2) is 48.5 Å². The molecule has 3 nitrogen and oxygen atoms in total. The number of hydrogen-bond acceptors (Lipinski definition) is 2. The maximum absolute atomic E-state index is 11.3. The van der Waals surface area contributed by atoms with Crippen molar-refractivity contribution in [2.75, 3.05) is 5.32 Å². The molecule has 98 valence electrons. The fraction of sp³-hybridized carbons (Fsp3) is 0.0714. The van der Waals surface area contributed by atoms with Crippen LogP contribution in [0.25, 0.3) is 0 Å². The second-order valence-electron chi connectivity index (χ2n) is 3.98. The van der Waals surface area contributed by atoms with Gasteiger partial charge in [0.05, 0.1) is 0 Å². The molecule has 0 aromatic heterocycles. The Kier molecular flexibility index (Phi) is 4.30. The van der Waals surface area contributed by atoms with Crippen LogP contribution in [0, 0.1) is 0 Å². The van der Waals surface area contributed by atoms with Crippen molar-refractivity contribution in [1.82, 2.24) is 0 Å². The molecule has 2 aromatic rings. The van der Waals surface area contributed by atoms with Crippen LogP contribution in [0.2, 0.25) is 10.0 Å². The zero-order chi connectivity index (χ0) is 13.8. The maximum atomic E-state index is 11.3. The molecule has 0 spiro atoms. The Morgan fingerprint density at radius 3 is 2.32 bits per heavy atom. The molecule has 1 atom stereocenters. The summed E-state index contributed by atoms with van der Waals surface area (Å²) in [4.78, 5) is 11.3. The van der Waals surface area contributed by atoms with Crippen LogP contribution >= 0.6 is 23.2 Å². The number of nitrogens with one attached hydrogen (secondary N) is 1. The molecule has 0 bridgehead atoms. The molecule has 0 radical (unpaired) electrons. The van der Waals surface area contributed by atoms with Gasteiger partial charge >= 0.3 is 5.97 Å². The number of rotatable bonds is 4. The van der Waals surface area contributed by atoms with Crippen molar-refractivity contribution in [2.24, 2.45) is 0 Å². The van der Waals surface area contributed by atoms with Gasteiger partial charge in [-0.25, -0.2) is 4.79 Å². The van der Waals surface area contributed by atoms with E-state index in [9.17, 15) is 9.90 Å². The van der Waals surface area contributed by atoms with Crippen molar-refractivity contribution in [3.8, 4) is 0 Å². The number of carboxylic acids is 1. The van der Waals surface area contributed by atoms with Crippen LogP contribution < -0.4 is 5.32 Å². The highest BCUT2D eigenvalue weighted by Gasteiger charge is 2.19. The third kappa shape index (κ3) is 3.63. The zero-order valence-electron chi connectivity index (χ0n) is 9.81. The van der Waals surface area contributed by atoms with E-state index in [1.54, 1.807) is 48.5 Å². The van der Waals surface area contributed by atoms with E-state index in [0.717, 1.165) is 0 Å². The monoisotopic (exact) mass is 295 g/mol. The fourth-order valence-corrected chi connectivity index (χ4v) is 2.00. The van der Waals surface area contributed by atoms with Crippen LogP contribution in [0.1, 0.15) is 11.6 Å². The first-order chi connectivity index (χ1) is 9.06. The summed E-state index contributed by atoms with van der Waals surface area (Å²) in [5, 5.41) is 13.3. The van der Waals surface area contributed by atoms with Crippen LogP contribution in [0.3, 0.4) is 0 Å². The van der Waals surface area contributed by atoms with Crippen molar-refractivity contribution >= 4 is 34.9 Å². The first kappa shape index (κ1) is 13.7. The van der Waals surface area contributed by atoms with E-state index < -0.39 is 12.0 Å². The summed E-state index contributed by atoms with van der Waals surface area (Å²) in [6, 6.07) is 12.7. The molecular formula is C14H11Cl2NO2. The molecule has 0 saturated carbocycles. The van der Waals surface area contributed by atoms with Crippen LogP contribution in [-0.2, 0) is 4.79 Å². The minimum Gasteiger partial charge on any atom is -0.479 e. The van der Waals surface area contributed by atoms with Crippen LogP contribution in [0.4, 0.5) is 5.69 Å². The number of hydrogen-bond donors (Lipinski definition) is 2. The Labute approximate surface area is 120 Å². The Bertz CT molecular complexity index is 584. The van der Waals surface area contributed by atoms with Gasteiger partial charge in [-0.1, -0.05) is 41.4 Å². The van der Waals surface area contributed by atoms with Crippen molar-refractivity contribution in [2.45, 2.75) is 6.04 Å². The molecule has 0 saturated heterocycles. The molecule has 0 unspecified atom stereocenters. The van der Waals surface area contributed by atoms with E-state index in [1.807, 2.05) is 0 Å². The Morgan fingerprint density at radius 2 is 1.74 bits per heavy atom. The molecule has 0 amide bonds. The molecule has 19 heavy (non-hydrogen) atoms. The normalized spacial score (nSPS) is 11.9. The number of benzene rings is 2. The number of carbonyl (C=O) groups is 1.